The van der Waals surface area contributed by atoms with Gasteiger partial charge >= 0.3 is 0 Å². The minimum Gasteiger partial charge on any atom is -0.309 e. The summed E-state index contributed by atoms with van der Waals surface area (Å²) in [5.41, 5.74) is 4.03. The van der Waals surface area contributed by atoms with Gasteiger partial charge in [0, 0.05) is 27.0 Å². The van der Waals surface area contributed by atoms with E-state index in [0.717, 1.165) is 68.3 Å². The minimum atomic E-state index is -3.25. The quantitative estimate of drug-likeness (QED) is 0.138. The van der Waals surface area contributed by atoms with Crippen molar-refractivity contribution in [2.45, 2.75) is 0 Å². The van der Waals surface area contributed by atoms with Gasteiger partial charge in [0.15, 0.2) is 7.14 Å². The van der Waals surface area contributed by atoms with E-state index in [1.54, 1.807) is 22.7 Å². The predicted octanol–water partition coefficient (Wildman–Crippen LogP) is 10.2. The lowest BCUT2D eigenvalue weighted by atomic mass is 10.0. The SMILES string of the molecule is O=P(c1ccc(-c2nc3ccccc3s2)cc1)(c1ccc(-c2nc3ccccc3s2)cc1)c1ccc2c(ccc3ccccc32)c1. The van der Waals surface area contributed by atoms with Gasteiger partial charge in [0.2, 0.25) is 0 Å². The van der Waals surface area contributed by atoms with Crippen molar-refractivity contribution in [1.82, 2.24) is 9.97 Å². The van der Waals surface area contributed by atoms with E-state index in [-0.39, 0.29) is 0 Å². The van der Waals surface area contributed by atoms with Crippen LogP contribution in [-0.2, 0) is 4.57 Å². The summed E-state index contributed by atoms with van der Waals surface area (Å²) >= 11 is 3.35. The molecule has 3 nitrogen and oxygen atoms in total. The van der Waals surface area contributed by atoms with Gasteiger partial charge in [-0.15, -0.1) is 22.7 Å². The molecule has 9 rings (SSSR count). The molecule has 0 unspecified atom stereocenters. The maximum Gasteiger partial charge on any atom is 0.171 e. The van der Waals surface area contributed by atoms with E-state index in [2.05, 4.69) is 91.0 Å². The van der Waals surface area contributed by atoms with Crippen LogP contribution in [0, 0.1) is 0 Å². The molecule has 0 N–H and O–H groups in total. The van der Waals surface area contributed by atoms with E-state index in [1.807, 2.05) is 60.7 Å². The maximum atomic E-state index is 15.7. The third-order valence-corrected chi connectivity index (χ3v) is 13.9. The van der Waals surface area contributed by atoms with Crippen LogP contribution in [0.15, 0.2) is 152 Å². The first-order chi connectivity index (χ1) is 22.6. The molecular weight excluding hydrogens is 620 g/mol. The first-order valence-corrected chi connectivity index (χ1v) is 18.4. The van der Waals surface area contributed by atoms with Crippen LogP contribution < -0.4 is 15.9 Å². The third kappa shape index (κ3) is 4.51. The Morgan fingerprint density at radius 3 is 1.50 bits per heavy atom. The number of thiazole rings is 2. The van der Waals surface area contributed by atoms with Gasteiger partial charge in [-0.3, -0.25) is 0 Å². The lowest BCUT2D eigenvalue weighted by Crippen LogP contribution is -2.25. The van der Waals surface area contributed by atoms with Crippen LogP contribution in [0.3, 0.4) is 0 Å². The van der Waals surface area contributed by atoms with Crippen LogP contribution in [0.2, 0.25) is 0 Å². The van der Waals surface area contributed by atoms with Gasteiger partial charge in [0.1, 0.15) is 10.0 Å². The minimum absolute atomic E-state index is 0.797. The van der Waals surface area contributed by atoms with Crippen LogP contribution in [-0.4, -0.2) is 9.97 Å². The zero-order valence-electron chi connectivity index (χ0n) is 24.5. The van der Waals surface area contributed by atoms with Crippen molar-refractivity contribution >= 4 is 87.7 Å². The molecule has 0 aliphatic rings. The Balaban J connectivity index is 1.18. The molecule has 46 heavy (non-hydrogen) atoms. The topological polar surface area (TPSA) is 42.9 Å². The number of para-hydroxylation sites is 2. The largest absolute Gasteiger partial charge is 0.309 e. The number of fused-ring (bicyclic) bond motifs is 5. The Kier molecular flexibility index (Phi) is 6.46. The zero-order chi connectivity index (χ0) is 30.7. The van der Waals surface area contributed by atoms with E-state index in [9.17, 15) is 0 Å². The Hall–Kier alpha value is -4.93. The normalized spacial score (nSPS) is 12.0. The molecule has 0 aliphatic carbocycles. The second-order valence-electron chi connectivity index (χ2n) is 11.4. The molecule has 6 heteroatoms. The van der Waals surface area contributed by atoms with Gasteiger partial charge in [-0.25, -0.2) is 9.97 Å². The second kappa shape index (κ2) is 10.9. The molecule has 0 amide bonds. The standard InChI is InChI=1S/C40H25N2OPS2/c43-44(32-23-24-34-29(25-32)14-13-26-7-1-2-8-33(26)34,30-19-15-27(16-20-30)39-41-35-9-3-5-11-37(35)45-39)31-21-17-28(18-22-31)40-42-36-10-4-6-12-38(36)46-40/h1-25H. The molecule has 0 spiro atoms. The summed E-state index contributed by atoms with van der Waals surface area (Å²) in [5, 5.41) is 8.95. The Morgan fingerprint density at radius 2 is 0.913 bits per heavy atom. The van der Waals surface area contributed by atoms with E-state index in [4.69, 9.17) is 9.97 Å². The summed E-state index contributed by atoms with van der Waals surface area (Å²) in [5.74, 6) is 0. The number of benzene rings is 7. The van der Waals surface area contributed by atoms with Gasteiger partial charge in [-0.1, -0.05) is 121 Å². The number of hydrogen-bond donors (Lipinski definition) is 0. The molecule has 7 aromatic carbocycles. The summed E-state index contributed by atoms with van der Waals surface area (Å²) in [4.78, 5) is 9.70. The summed E-state index contributed by atoms with van der Waals surface area (Å²) in [6.07, 6.45) is 0. The van der Waals surface area contributed by atoms with Crippen molar-refractivity contribution in [2.75, 3.05) is 0 Å². The smallest absolute Gasteiger partial charge is 0.171 e. The highest BCUT2D eigenvalue weighted by Crippen LogP contribution is 2.44. The van der Waals surface area contributed by atoms with Crippen LogP contribution in [0.4, 0.5) is 0 Å². The molecule has 0 saturated carbocycles. The molecule has 2 aromatic heterocycles. The van der Waals surface area contributed by atoms with Crippen LogP contribution >= 0.6 is 29.8 Å². The average molecular weight is 645 g/mol. The van der Waals surface area contributed by atoms with Crippen LogP contribution in [0.5, 0.6) is 0 Å². The lowest BCUT2D eigenvalue weighted by molar-refractivity contribution is 0.592. The number of hydrogen-bond acceptors (Lipinski definition) is 5. The van der Waals surface area contributed by atoms with E-state index in [0.29, 0.717) is 0 Å². The maximum absolute atomic E-state index is 15.7. The molecule has 0 fully saturated rings. The fourth-order valence-electron chi connectivity index (χ4n) is 6.26. The van der Waals surface area contributed by atoms with Crippen molar-refractivity contribution in [3.8, 4) is 21.1 Å². The van der Waals surface area contributed by atoms with Crippen molar-refractivity contribution in [3.63, 3.8) is 0 Å². The number of rotatable bonds is 5. The fourth-order valence-corrected chi connectivity index (χ4v) is 10.8. The molecule has 0 saturated heterocycles. The van der Waals surface area contributed by atoms with Crippen LogP contribution in [0.25, 0.3) is 63.1 Å². The molecule has 9 aromatic rings. The predicted molar refractivity (Wildman–Crippen MR) is 198 cm³/mol. The van der Waals surface area contributed by atoms with E-state index >= 15 is 4.57 Å². The number of aromatic nitrogens is 2. The first-order valence-electron chi connectivity index (χ1n) is 15.1. The third-order valence-electron chi connectivity index (χ3n) is 8.64. The summed E-state index contributed by atoms with van der Waals surface area (Å²) < 4.78 is 18.0. The van der Waals surface area contributed by atoms with Crippen molar-refractivity contribution in [1.29, 1.82) is 0 Å². The zero-order valence-corrected chi connectivity index (χ0v) is 27.0. The molecule has 2 heterocycles. The van der Waals surface area contributed by atoms with Crippen molar-refractivity contribution in [3.05, 3.63) is 152 Å². The molecule has 0 radical (unpaired) electrons. The van der Waals surface area contributed by atoms with Gasteiger partial charge in [0.05, 0.1) is 20.4 Å². The van der Waals surface area contributed by atoms with Gasteiger partial charge < -0.3 is 4.57 Å². The van der Waals surface area contributed by atoms with Crippen molar-refractivity contribution < 1.29 is 4.57 Å². The highest BCUT2D eigenvalue weighted by Gasteiger charge is 2.30. The summed E-state index contributed by atoms with van der Waals surface area (Å²) in [6, 6.07) is 51.7. The molecule has 218 valence electrons. The Bertz CT molecular complexity index is 2430. The van der Waals surface area contributed by atoms with Crippen molar-refractivity contribution in [2.24, 2.45) is 0 Å². The molecule has 0 bridgehead atoms. The van der Waals surface area contributed by atoms with E-state index in [1.165, 1.54) is 10.8 Å². The Morgan fingerprint density at radius 1 is 0.435 bits per heavy atom. The molecule has 0 atom stereocenters. The average Bonchev–Trinajstić information content (AvgIpc) is 3.76. The Labute approximate surface area is 273 Å². The lowest BCUT2D eigenvalue weighted by Gasteiger charge is -2.21. The fraction of sp³-hybridized carbons (Fsp3) is 0. The highest BCUT2D eigenvalue weighted by molar-refractivity contribution is 7.85. The van der Waals surface area contributed by atoms with Crippen LogP contribution in [0.1, 0.15) is 0 Å². The highest BCUT2D eigenvalue weighted by atomic mass is 32.1. The number of nitrogens with zero attached hydrogens (tertiary/aromatic N) is 2. The first kappa shape index (κ1) is 27.4. The summed E-state index contributed by atoms with van der Waals surface area (Å²) in [7, 11) is -3.25. The van der Waals surface area contributed by atoms with Gasteiger partial charge in [-0.2, -0.15) is 0 Å². The second-order valence-corrected chi connectivity index (χ2v) is 16.2. The molecule has 0 aliphatic heterocycles. The molecular formula is C40H25N2OPS2. The van der Waals surface area contributed by atoms with Gasteiger partial charge in [0.25, 0.3) is 0 Å². The van der Waals surface area contributed by atoms with Gasteiger partial charge in [-0.05, 0) is 51.9 Å². The monoisotopic (exact) mass is 644 g/mol. The summed E-state index contributed by atoms with van der Waals surface area (Å²) in [6.45, 7) is 0. The van der Waals surface area contributed by atoms with E-state index < -0.39 is 7.14 Å².